The maximum absolute atomic E-state index is 11.6. The first-order valence-electron chi connectivity index (χ1n) is 7.95. The van der Waals surface area contributed by atoms with Crippen molar-refractivity contribution in [3.63, 3.8) is 0 Å². The van der Waals surface area contributed by atoms with E-state index in [-0.39, 0.29) is 12.5 Å². The molecule has 1 aromatic carbocycles. The highest BCUT2D eigenvalue weighted by atomic mass is 35.5. The maximum Gasteiger partial charge on any atom is 0.307 e. The van der Waals surface area contributed by atoms with E-state index >= 15 is 0 Å². The van der Waals surface area contributed by atoms with Crippen LogP contribution < -0.4 is 0 Å². The zero-order valence-corrected chi connectivity index (χ0v) is 16.9. The molecule has 0 aliphatic rings. The molecule has 0 unspecified atom stereocenters. The molecule has 2 aromatic heterocycles. The zero-order chi connectivity index (χ0) is 20.3. The second kappa shape index (κ2) is 8.13. The van der Waals surface area contributed by atoms with Crippen LogP contribution in [0, 0.1) is 0 Å². The number of benzene rings is 1. The molecule has 0 radical (unpaired) electrons. The van der Waals surface area contributed by atoms with E-state index in [1.54, 1.807) is 29.1 Å². The number of rotatable bonds is 6. The molecule has 0 spiro atoms. The van der Waals surface area contributed by atoms with Crippen LogP contribution in [0.25, 0.3) is 16.6 Å². The predicted molar refractivity (Wildman–Crippen MR) is 104 cm³/mol. The molecule has 3 aromatic rings. The number of hydrogen-bond acceptors (Lipinski definition) is 8. The summed E-state index contributed by atoms with van der Waals surface area (Å²) >= 11 is 6.05. The first-order chi connectivity index (χ1) is 13.3. The SMILES string of the molecule is COCc1c(C(=NOC)OS(C)(=O)=O)cnn1-c1ccnc2cc(Cl)ccc12. The summed E-state index contributed by atoms with van der Waals surface area (Å²) < 4.78 is 35.1. The van der Waals surface area contributed by atoms with Gasteiger partial charge in [0.05, 0.1) is 41.5 Å². The molecule has 148 valence electrons. The molecule has 0 atom stereocenters. The van der Waals surface area contributed by atoms with Crippen LogP contribution in [0.15, 0.2) is 41.8 Å². The van der Waals surface area contributed by atoms with Crippen molar-refractivity contribution in [1.82, 2.24) is 14.8 Å². The Labute approximate surface area is 166 Å². The van der Waals surface area contributed by atoms with Gasteiger partial charge in [0.15, 0.2) is 0 Å². The predicted octanol–water partition coefficient (Wildman–Crippen LogP) is 2.50. The molecular formula is C17H17ClN4O5S. The molecule has 0 saturated carbocycles. The van der Waals surface area contributed by atoms with Crippen molar-refractivity contribution in [2.75, 3.05) is 20.5 Å². The number of methoxy groups -OCH3 is 1. The molecule has 28 heavy (non-hydrogen) atoms. The van der Waals surface area contributed by atoms with E-state index in [9.17, 15) is 8.42 Å². The minimum Gasteiger partial charge on any atom is -0.396 e. The van der Waals surface area contributed by atoms with E-state index in [1.165, 1.54) is 20.4 Å². The van der Waals surface area contributed by atoms with Gasteiger partial charge in [-0.25, -0.2) is 4.68 Å². The summed E-state index contributed by atoms with van der Waals surface area (Å²) in [5.41, 5.74) is 2.22. The lowest BCUT2D eigenvalue weighted by Gasteiger charge is -2.12. The highest BCUT2D eigenvalue weighted by molar-refractivity contribution is 7.86. The van der Waals surface area contributed by atoms with E-state index in [2.05, 4.69) is 15.2 Å². The largest absolute Gasteiger partial charge is 0.396 e. The van der Waals surface area contributed by atoms with Gasteiger partial charge in [-0.2, -0.15) is 13.5 Å². The molecule has 2 heterocycles. The Balaban J connectivity index is 2.20. The van der Waals surface area contributed by atoms with E-state index in [0.717, 1.165) is 11.6 Å². The second-order valence-electron chi connectivity index (χ2n) is 5.71. The van der Waals surface area contributed by atoms with Gasteiger partial charge in [-0.15, -0.1) is 0 Å². The Morgan fingerprint density at radius 3 is 2.75 bits per heavy atom. The maximum atomic E-state index is 11.6. The third-order valence-electron chi connectivity index (χ3n) is 3.69. The Hall–Kier alpha value is -2.69. The molecule has 0 fully saturated rings. The minimum absolute atomic E-state index is 0.114. The molecule has 0 N–H and O–H groups in total. The lowest BCUT2D eigenvalue weighted by atomic mass is 10.1. The van der Waals surface area contributed by atoms with E-state index in [1.807, 2.05) is 6.07 Å². The van der Waals surface area contributed by atoms with Gasteiger partial charge in [-0.1, -0.05) is 11.6 Å². The number of fused-ring (bicyclic) bond motifs is 1. The van der Waals surface area contributed by atoms with Gasteiger partial charge in [-0.3, -0.25) is 4.98 Å². The fourth-order valence-electron chi connectivity index (χ4n) is 2.66. The molecule has 9 nitrogen and oxygen atoms in total. The summed E-state index contributed by atoms with van der Waals surface area (Å²) in [6, 6.07) is 7.09. The van der Waals surface area contributed by atoms with Crippen LogP contribution in [-0.2, 0) is 30.5 Å². The standard InChI is InChI=1S/C17H17ClN4O5S/c1-25-10-16-13(17(21-26-2)27-28(3,23)24)9-20-22(16)15-6-7-19-14-8-11(18)4-5-12(14)15/h4-9H,10H2,1-3H3. The Morgan fingerprint density at radius 2 is 2.07 bits per heavy atom. The fourth-order valence-corrected chi connectivity index (χ4v) is 3.24. The number of halogens is 1. The van der Waals surface area contributed by atoms with Crippen molar-refractivity contribution in [2.24, 2.45) is 5.16 Å². The lowest BCUT2D eigenvalue weighted by molar-refractivity contribution is 0.178. The highest BCUT2D eigenvalue weighted by Crippen LogP contribution is 2.26. The normalized spacial score (nSPS) is 12.4. The minimum atomic E-state index is -3.83. The molecule has 0 amide bonds. The van der Waals surface area contributed by atoms with E-state index in [4.69, 9.17) is 25.4 Å². The van der Waals surface area contributed by atoms with Crippen LogP contribution in [0.1, 0.15) is 11.3 Å². The van der Waals surface area contributed by atoms with Gasteiger partial charge in [0.2, 0.25) is 0 Å². The average molecular weight is 425 g/mol. The van der Waals surface area contributed by atoms with Gasteiger partial charge in [-0.05, 0) is 29.4 Å². The number of ether oxygens (including phenoxy) is 1. The monoisotopic (exact) mass is 424 g/mol. The number of aromatic nitrogens is 3. The van der Waals surface area contributed by atoms with Gasteiger partial charge < -0.3 is 13.8 Å². The molecule has 0 aliphatic carbocycles. The van der Waals surface area contributed by atoms with Crippen LogP contribution in [-0.4, -0.2) is 49.6 Å². The summed E-state index contributed by atoms with van der Waals surface area (Å²) in [4.78, 5) is 9.05. The van der Waals surface area contributed by atoms with Gasteiger partial charge in [0.25, 0.3) is 5.90 Å². The van der Waals surface area contributed by atoms with Crippen LogP contribution in [0.4, 0.5) is 0 Å². The Morgan fingerprint density at radius 1 is 1.29 bits per heavy atom. The van der Waals surface area contributed by atoms with Crippen molar-refractivity contribution >= 4 is 38.5 Å². The van der Waals surface area contributed by atoms with Crippen LogP contribution in [0.5, 0.6) is 0 Å². The third-order valence-corrected chi connectivity index (χ3v) is 4.39. The van der Waals surface area contributed by atoms with Gasteiger partial charge >= 0.3 is 10.1 Å². The Kier molecular flexibility index (Phi) is 5.82. The summed E-state index contributed by atoms with van der Waals surface area (Å²) in [6.45, 7) is 0.114. The van der Waals surface area contributed by atoms with Crippen molar-refractivity contribution in [1.29, 1.82) is 0 Å². The van der Waals surface area contributed by atoms with Crippen molar-refractivity contribution < 1.29 is 22.2 Å². The van der Waals surface area contributed by atoms with Crippen LogP contribution in [0.3, 0.4) is 0 Å². The van der Waals surface area contributed by atoms with E-state index in [0.29, 0.717) is 27.5 Å². The lowest BCUT2D eigenvalue weighted by Crippen LogP contribution is -2.16. The molecule has 0 saturated heterocycles. The fraction of sp³-hybridized carbons (Fsp3) is 0.235. The quantitative estimate of drug-likeness (QED) is 0.259. The van der Waals surface area contributed by atoms with Crippen molar-refractivity contribution in [2.45, 2.75) is 6.61 Å². The third kappa shape index (κ3) is 4.24. The second-order valence-corrected chi connectivity index (χ2v) is 7.72. The first kappa shape index (κ1) is 20.1. The summed E-state index contributed by atoms with van der Waals surface area (Å²) in [5.74, 6) is -0.246. The summed E-state index contributed by atoms with van der Waals surface area (Å²) in [6.07, 6.45) is 3.97. The van der Waals surface area contributed by atoms with E-state index < -0.39 is 10.1 Å². The van der Waals surface area contributed by atoms with Crippen LogP contribution >= 0.6 is 11.6 Å². The highest BCUT2D eigenvalue weighted by Gasteiger charge is 2.23. The Bertz CT molecular complexity index is 1140. The van der Waals surface area contributed by atoms with Gasteiger partial charge in [0.1, 0.15) is 7.11 Å². The molecule has 0 aliphatic heterocycles. The number of pyridine rings is 1. The topological polar surface area (TPSA) is 105 Å². The number of hydrogen-bond donors (Lipinski definition) is 0. The first-order valence-corrected chi connectivity index (χ1v) is 10.1. The van der Waals surface area contributed by atoms with Crippen molar-refractivity contribution in [3.8, 4) is 5.69 Å². The summed E-state index contributed by atoms with van der Waals surface area (Å²) in [7, 11) is -1.04. The molecule has 0 bridgehead atoms. The van der Waals surface area contributed by atoms with Crippen LogP contribution in [0.2, 0.25) is 5.02 Å². The van der Waals surface area contributed by atoms with Gasteiger partial charge in [0, 0.05) is 23.7 Å². The van der Waals surface area contributed by atoms with Crippen molar-refractivity contribution in [3.05, 3.63) is 52.9 Å². The summed E-state index contributed by atoms with van der Waals surface area (Å²) in [5, 5.41) is 9.42. The smallest absolute Gasteiger partial charge is 0.307 e. The average Bonchev–Trinajstić information content (AvgIpc) is 3.03. The number of nitrogens with zero attached hydrogens (tertiary/aromatic N) is 4. The molecular weight excluding hydrogens is 408 g/mol. The zero-order valence-electron chi connectivity index (χ0n) is 15.3. The molecule has 11 heteroatoms. The molecule has 3 rings (SSSR count). The number of oxime groups is 1.